The Bertz CT molecular complexity index is 601. The molecule has 1 saturated carbocycles. The first-order chi connectivity index (χ1) is 10.2. The van der Waals surface area contributed by atoms with E-state index in [4.69, 9.17) is 4.52 Å². The molecule has 0 bridgehead atoms. The minimum absolute atomic E-state index is 0.154. The molecular formula is C16H20N2O3. The van der Waals surface area contributed by atoms with Gasteiger partial charge in [0.25, 0.3) is 5.89 Å². The molecule has 1 fully saturated rings. The van der Waals surface area contributed by atoms with Gasteiger partial charge in [-0.1, -0.05) is 37.3 Å². The molecule has 0 atom stereocenters. The van der Waals surface area contributed by atoms with Gasteiger partial charge in [0.05, 0.1) is 0 Å². The fourth-order valence-corrected chi connectivity index (χ4v) is 2.89. The van der Waals surface area contributed by atoms with E-state index in [1.54, 1.807) is 6.07 Å². The predicted molar refractivity (Wildman–Crippen MR) is 78.1 cm³/mol. The van der Waals surface area contributed by atoms with E-state index in [-0.39, 0.29) is 11.5 Å². The van der Waals surface area contributed by atoms with E-state index >= 15 is 0 Å². The molecule has 0 aliphatic heterocycles. The predicted octanol–water partition coefficient (Wildman–Crippen LogP) is 3.98. The highest BCUT2D eigenvalue weighted by molar-refractivity contribution is 5.58. The highest BCUT2D eigenvalue weighted by Crippen LogP contribution is 2.33. The lowest BCUT2D eigenvalue weighted by molar-refractivity contribution is 0.391. The third kappa shape index (κ3) is 3.17. The Morgan fingerprint density at radius 3 is 2.38 bits per heavy atom. The summed E-state index contributed by atoms with van der Waals surface area (Å²) in [6.45, 7) is 0. The van der Waals surface area contributed by atoms with Crippen molar-refractivity contribution in [3.05, 3.63) is 24.0 Å². The van der Waals surface area contributed by atoms with Gasteiger partial charge in [-0.2, -0.15) is 4.98 Å². The van der Waals surface area contributed by atoms with Crippen molar-refractivity contribution in [1.29, 1.82) is 0 Å². The third-order valence-electron chi connectivity index (χ3n) is 4.13. The first kappa shape index (κ1) is 13.9. The fourth-order valence-electron chi connectivity index (χ4n) is 2.89. The maximum atomic E-state index is 9.55. The maximum absolute atomic E-state index is 9.55. The third-order valence-corrected chi connectivity index (χ3v) is 4.13. The quantitative estimate of drug-likeness (QED) is 0.817. The summed E-state index contributed by atoms with van der Waals surface area (Å²) in [5.74, 6) is 1.19. The van der Waals surface area contributed by atoms with Crippen LogP contribution in [0.25, 0.3) is 11.5 Å². The number of benzene rings is 1. The molecule has 3 rings (SSSR count). The van der Waals surface area contributed by atoms with Gasteiger partial charge in [0, 0.05) is 11.5 Å². The molecular weight excluding hydrogens is 268 g/mol. The van der Waals surface area contributed by atoms with Crippen molar-refractivity contribution in [1.82, 2.24) is 10.1 Å². The number of hydrogen-bond donors (Lipinski definition) is 2. The monoisotopic (exact) mass is 288 g/mol. The van der Waals surface area contributed by atoms with Crippen molar-refractivity contribution in [3.8, 4) is 23.0 Å². The Morgan fingerprint density at radius 1 is 0.952 bits per heavy atom. The molecule has 0 amide bonds. The number of rotatable bonds is 2. The smallest absolute Gasteiger partial charge is 0.258 e. The van der Waals surface area contributed by atoms with Gasteiger partial charge in [-0.05, 0) is 31.0 Å². The first-order valence-electron chi connectivity index (χ1n) is 7.60. The van der Waals surface area contributed by atoms with Crippen LogP contribution in [-0.2, 0) is 0 Å². The van der Waals surface area contributed by atoms with Gasteiger partial charge in [-0.15, -0.1) is 0 Å². The van der Waals surface area contributed by atoms with E-state index in [1.807, 2.05) is 0 Å². The summed E-state index contributed by atoms with van der Waals surface area (Å²) in [4.78, 5) is 4.48. The lowest BCUT2D eigenvalue weighted by Gasteiger charge is -2.15. The summed E-state index contributed by atoms with van der Waals surface area (Å²) in [6.07, 6.45) is 8.56. The van der Waals surface area contributed by atoms with Gasteiger partial charge in [0.15, 0.2) is 17.3 Å². The number of aromatic nitrogens is 2. The lowest BCUT2D eigenvalue weighted by Crippen LogP contribution is -2.04. The van der Waals surface area contributed by atoms with Gasteiger partial charge in [0.2, 0.25) is 0 Å². The zero-order valence-corrected chi connectivity index (χ0v) is 12.0. The van der Waals surface area contributed by atoms with E-state index in [0.717, 1.165) is 18.7 Å². The van der Waals surface area contributed by atoms with Gasteiger partial charge in [0.1, 0.15) is 0 Å². The normalized spacial score (nSPS) is 17.3. The highest BCUT2D eigenvalue weighted by atomic mass is 16.5. The SMILES string of the molecule is Oc1ccc(-c2nc(C3CCCCCCC3)no2)cc1O. The molecule has 21 heavy (non-hydrogen) atoms. The Hall–Kier alpha value is -2.04. The zero-order chi connectivity index (χ0) is 14.7. The van der Waals surface area contributed by atoms with E-state index in [0.29, 0.717) is 17.4 Å². The van der Waals surface area contributed by atoms with Crippen molar-refractivity contribution in [2.24, 2.45) is 0 Å². The molecule has 1 aromatic heterocycles. The second-order valence-corrected chi connectivity index (χ2v) is 5.70. The highest BCUT2D eigenvalue weighted by Gasteiger charge is 2.20. The molecule has 2 aromatic rings. The summed E-state index contributed by atoms with van der Waals surface area (Å²) in [5, 5.41) is 23.0. The summed E-state index contributed by atoms with van der Waals surface area (Å²) in [6, 6.07) is 4.51. The van der Waals surface area contributed by atoms with Crippen molar-refractivity contribution >= 4 is 0 Å². The summed E-state index contributed by atoms with van der Waals surface area (Å²) >= 11 is 0. The summed E-state index contributed by atoms with van der Waals surface area (Å²) < 4.78 is 5.32. The van der Waals surface area contributed by atoms with Crippen LogP contribution in [0.1, 0.15) is 56.7 Å². The van der Waals surface area contributed by atoms with Crippen LogP contribution in [0.4, 0.5) is 0 Å². The molecule has 0 saturated heterocycles. The second kappa shape index (κ2) is 6.16. The topological polar surface area (TPSA) is 79.4 Å². The zero-order valence-electron chi connectivity index (χ0n) is 12.0. The van der Waals surface area contributed by atoms with Crippen LogP contribution in [0.2, 0.25) is 0 Å². The Kier molecular flexibility index (Phi) is 4.08. The number of phenolic OH excluding ortho intramolecular Hbond substituents is 2. The van der Waals surface area contributed by atoms with Gasteiger partial charge in [-0.3, -0.25) is 0 Å². The van der Waals surface area contributed by atoms with Gasteiger partial charge >= 0.3 is 0 Å². The van der Waals surface area contributed by atoms with Gasteiger partial charge < -0.3 is 14.7 Å². The molecule has 0 unspecified atom stereocenters. The van der Waals surface area contributed by atoms with Crippen molar-refractivity contribution in [2.75, 3.05) is 0 Å². The number of hydrogen-bond acceptors (Lipinski definition) is 5. The first-order valence-corrected chi connectivity index (χ1v) is 7.60. The van der Waals surface area contributed by atoms with Crippen LogP contribution in [0.3, 0.4) is 0 Å². The standard InChI is InChI=1S/C16H20N2O3/c19-13-9-8-12(10-14(13)20)16-17-15(18-21-16)11-6-4-2-1-3-5-7-11/h8-11,19-20H,1-7H2. The Morgan fingerprint density at radius 2 is 1.67 bits per heavy atom. The minimum atomic E-state index is -0.182. The number of aromatic hydroxyl groups is 2. The molecule has 1 aliphatic carbocycles. The molecule has 112 valence electrons. The van der Waals surface area contributed by atoms with Crippen molar-refractivity contribution in [3.63, 3.8) is 0 Å². The molecule has 0 spiro atoms. The molecule has 5 heteroatoms. The molecule has 1 heterocycles. The van der Waals surface area contributed by atoms with Crippen molar-refractivity contribution < 1.29 is 14.7 Å². The fraction of sp³-hybridized carbons (Fsp3) is 0.500. The second-order valence-electron chi connectivity index (χ2n) is 5.70. The summed E-state index contributed by atoms with van der Waals surface area (Å²) in [7, 11) is 0. The molecule has 5 nitrogen and oxygen atoms in total. The molecule has 0 radical (unpaired) electrons. The largest absolute Gasteiger partial charge is 0.504 e. The maximum Gasteiger partial charge on any atom is 0.258 e. The van der Waals surface area contributed by atoms with E-state index in [2.05, 4.69) is 10.1 Å². The molecule has 2 N–H and O–H groups in total. The van der Waals surface area contributed by atoms with Crippen LogP contribution in [0.15, 0.2) is 22.7 Å². The van der Waals surface area contributed by atoms with E-state index in [1.165, 1.54) is 44.2 Å². The van der Waals surface area contributed by atoms with Crippen molar-refractivity contribution in [2.45, 2.75) is 50.9 Å². The Labute approximate surface area is 123 Å². The number of nitrogens with zero attached hydrogens (tertiary/aromatic N) is 2. The molecule has 1 aromatic carbocycles. The van der Waals surface area contributed by atoms with Crippen LogP contribution in [0, 0.1) is 0 Å². The van der Waals surface area contributed by atoms with Gasteiger partial charge in [-0.25, -0.2) is 0 Å². The van der Waals surface area contributed by atoms with Crippen LogP contribution in [-0.4, -0.2) is 20.4 Å². The van der Waals surface area contributed by atoms with E-state index in [9.17, 15) is 10.2 Å². The Balaban J connectivity index is 1.79. The average molecular weight is 288 g/mol. The number of phenols is 2. The van der Waals surface area contributed by atoms with Crippen LogP contribution in [0.5, 0.6) is 11.5 Å². The minimum Gasteiger partial charge on any atom is -0.504 e. The summed E-state index contributed by atoms with van der Waals surface area (Å²) in [5.41, 5.74) is 0.620. The molecule has 1 aliphatic rings. The average Bonchev–Trinajstić information content (AvgIpc) is 2.91. The lowest BCUT2D eigenvalue weighted by atomic mass is 9.91. The van der Waals surface area contributed by atoms with Crippen LogP contribution < -0.4 is 0 Å². The van der Waals surface area contributed by atoms with E-state index < -0.39 is 0 Å². The van der Waals surface area contributed by atoms with Crippen LogP contribution >= 0.6 is 0 Å².